The first-order chi connectivity index (χ1) is 29.0. The smallest absolute Gasteiger partial charge is 0.410 e. The number of carbonyl (C=O) groups excluding carboxylic acids is 3. The molecule has 0 saturated carbocycles. The van der Waals surface area contributed by atoms with Crippen molar-refractivity contribution >= 4 is 41.3 Å². The van der Waals surface area contributed by atoms with Gasteiger partial charge in [-0.15, -0.1) is 20.4 Å². The van der Waals surface area contributed by atoms with Crippen LogP contribution in [0.15, 0.2) is 68.9 Å². The Kier molecular flexibility index (Phi) is 23.6. The van der Waals surface area contributed by atoms with Crippen LogP contribution < -0.4 is 39.7 Å². The van der Waals surface area contributed by atoms with Gasteiger partial charge in [0.1, 0.15) is 17.3 Å². The van der Waals surface area contributed by atoms with Gasteiger partial charge >= 0.3 is 6.09 Å². The van der Waals surface area contributed by atoms with Crippen molar-refractivity contribution in [2.45, 2.75) is 53.1 Å². The van der Waals surface area contributed by atoms with E-state index in [0.29, 0.717) is 76.8 Å². The number of amidine groups is 4. The zero-order valence-electron chi connectivity index (χ0n) is 36.5. The average Bonchev–Trinajstić information content (AvgIpc) is 3.20. The number of nitrogens with two attached hydrogens (primary N) is 6. The molecule has 2 rings (SSSR count). The number of rotatable bonds is 27. The molecule has 0 heterocycles. The van der Waals surface area contributed by atoms with E-state index < -0.39 is 11.7 Å². The summed E-state index contributed by atoms with van der Waals surface area (Å²) in [7, 11) is 0. The fourth-order valence-corrected chi connectivity index (χ4v) is 5.41. The molecule has 13 N–H and O–H groups in total. The van der Waals surface area contributed by atoms with Crippen molar-refractivity contribution < 1.29 is 28.6 Å². The monoisotopic (exact) mass is 853 g/mol. The fraction of sp³-hybridized carbons (Fsp3) is 0.537. The van der Waals surface area contributed by atoms with Crippen LogP contribution in [-0.4, -0.2) is 153 Å². The van der Waals surface area contributed by atoms with E-state index in [-0.39, 0.29) is 74.2 Å². The van der Waals surface area contributed by atoms with Gasteiger partial charge in [-0.05, 0) is 45.7 Å². The highest BCUT2D eigenvalue weighted by Crippen LogP contribution is 2.12. The van der Waals surface area contributed by atoms with E-state index in [4.69, 9.17) is 48.6 Å². The second-order valence-electron chi connectivity index (χ2n) is 15.0. The average molecular weight is 853 g/mol. The highest BCUT2D eigenvalue weighted by Gasteiger charge is 2.25. The van der Waals surface area contributed by atoms with Gasteiger partial charge in [0.25, 0.3) is 0 Å². The lowest BCUT2D eigenvalue weighted by molar-refractivity contribution is -0.131. The Balaban J connectivity index is 2.26. The van der Waals surface area contributed by atoms with Gasteiger partial charge in [0.05, 0.1) is 39.3 Å². The summed E-state index contributed by atoms with van der Waals surface area (Å²) in [5.74, 6) is 0.450. The van der Waals surface area contributed by atoms with E-state index in [1.807, 2.05) is 0 Å². The van der Waals surface area contributed by atoms with Crippen LogP contribution in [0.1, 0.15) is 56.9 Å². The zero-order chi connectivity index (χ0) is 45.2. The standard InChI is InChI=1S/C41H68N14O6/c1-30(44)49-51-38(46)34-10-6-32(7-11-34)28-36(56)48-16-17-54(37(57)29-33-8-12-35(13-9-33)39(47)52-50-31(2)45)20-21-55(40(58)61-41(3,4)5)19-18-53(22-26-59-24-14-42)23-27-60-25-15-43/h6-13H,14-29,42-43H2,1-5H3,(H2,44,49)(H2,45,50)(H2,46,51)(H2,47,52)(H,48,56). The lowest BCUT2D eigenvalue weighted by Crippen LogP contribution is -2.48. The van der Waals surface area contributed by atoms with Crippen LogP contribution in [0.25, 0.3) is 0 Å². The van der Waals surface area contributed by atoms with Crippen LogP contribution >= 0.6 is 0 Å². The molecule has 0 spiro atoms. The molecule has 0 fully saturated rings. The summed E-state index contributed by atoms with van der Waals surface area (Å²) in [6.45, 7) is 13.8. The molecule has 338 valence electrons. The van der Waals surface area contributed by atoms with Gasteiger partial charge in [-0.2, -0.15) is 0 Å². The van der Waals surface area contributed by atoms with Gasteiger partial charge < -0.3 is 63.7 Å². The number of hydrogen-bond acceptors (Lipinski definition) is 13. The highest BCUT2D eigenvalue weighted by atomic mass is 16.6. The van der Waals surface area contributed by atoms with E-state index >= 15 is 0 Å². The predicted molar refractivity (Wildman–Crippen MR) is 240 cm³/mol. The molecule has 2 aromatic carbocycles. The maximum Gasteiger partial charge on any atom is 0.410 e. The SMILES string of the molecule is C/C(N)=N/N=C(\N)c1ccc(CC(=O)NCCN(CCN(CCN(CCOCCN)CCOCCN)C(=O)OC(C)(C)C)C(=O)Cc2ccc(/C(N)=N/N=C(/C)N)cc2)cc1. The molecule has 0 saturated heterocycles. The van der Waals surface area contributed by atoms with Crippen molar-refractivity contribution in [3.8, 4) is 0 Å². The van der Waals surface area contributed by atoms with Gasteiger partial charge in [0.2, 0.25) is 11.8 Å². The summed E-state index contributed by atoms with van der Waals surface area (Å²) < 4.78 is 17.0. The highest BCUT2D eigenvalue weighted by molar-refractivity contribution is 5.98. The predicted octanol–water partition coefficient (Wildman–Crippen LogP) is -0.0989. The number of ether oxygens (including phenoxy) is 3. The van der Waals surface area contributed by atoms with Crippen molar-refractivity contribution in [2.75, 3.05) is 91.9 Å². The number of nitrogens with one attached hydrogen (secondary N) is 1. The molecule has 0 radical (unpaired) electrons. The summed E-state index contributed by atoms with van der Waals surface area (Å²) in [5, 5.41) is 18.3. The van der Waals surface area contributed by atoms with E-state index in [0.717, 1.165) is 11.1 Å². The van der Waals surface area contributed by atoms with Crippen molar-refractivity contribution in [3.63, 3.8) is 0 Å². The van der Waals surface area contributed by atoms with Crippen molar-refractivity contribution in [1.29, 1.82) is 0 Å². The van der Waals surface area contributed by atoms with Crippen LogP contribution in [0.3, 0.4) is 0 Å². The number of benzene rings is 2. The van der Waals surface area contributed by atoms with Crippen LogP contribution in [0.5, 0.6) is 0 Å². The van der Waals surface area contributed by atoms with Gasteiger partial charge in [0.15, 0.2) is 11.7 Å². The molecule has 0 aromatic heterocycles. The lowest BCUT2D eigenvalue weighted by atomic mass is 10.1. The van der Waals surface area contributed by atoms with E-state index in [2.05, 4.69) is 30.6 Å². The molecular weight excluding hydrogens is 785 g/mol. The summed E-state index contributed by atoms with van der Waals surface area (Å²) in [5.41, 5.74) is 36.3. The van der Waals surface area contributed by atoms with E-state index in [1.165, 1.54) is 0 Å². The number of hydrogen-bond donors (Lipinski definition) is 7. The van der Waals surface area contributed by atoms with E-state index in [1.54, 1.807) is 92.9 Å². The second-order valence-corrected chi connectivity index (χ2v) is 15.0. The molecule has 0 aliphatic carbocycles. The second kappa shape index (κ2) is 28.0. The number of amides is 3. The summed E-state index contributed by atoms with van der Waals surface area (Å²) in [6, 6.07) is 14.1. The minimum atomic E-state index is -0.755. The zero-order valence-corrected chi connectivity index (χ0v) is 36.5. The van der Waals surface area contributed by atoms with Gasteiger partial charge in [0, 0.05) is 76.6 Å². The minimum Gasteiger partial charge on any atom is -0.444 e. The van der Waals surface area contributed by atoms with Gasteiger partial charge in [-0.25, -0.2) is 4.79 Å². The maximum absolute atomic E-state index is 14.0. The Labute approximate surface area is 359 Å². The first-order valence-corrected chi connectivity index (χ1v) is 20.3. The molecule has 0 aliphatic heterocycles. The lowest BCUT2D eigenvalue weighted by Gasteiger charge is -2.32. The molecule has 2 aromatic rings. The molecule has 20 heteroatoms. The fourth-order valence-electron chi connectivity index (χ4n) is 5.41. The normalized spacial score (nSPS) is 12.7. The molecule has 0 unspecified atom stereocenters. The third kappa shape index (κ3) is 22.5. The molecule has 3 amide bonds. The Morgan fingerprint density at radius 3 is 1.52 bits per heavy atom. The molecular formula is C41H68N14O6. The third-order valence-corrected chi connectivity index (χ3v) is 8.51. The molecule has 0 aliphatic rings. The van der Waals surface area contributed by atoms with Gasteiger partial charge in [-0.1, -0.05) is 48.5 Å². The Hall–Kier alpha value is -5.67. The summed E-state index contributed by atoms with van der Waals surface area (Å²) in [6.07, 6.45) is -0.374. The Morgan fingerprint density at radius 2 is 1.07 bits per heavy atom. The minimum absolute atomic E-state index is 0.0477. The molecule has 0 atom stereocenters. The summed E-state index contributed by atoms with van der Waals surface area (Å²) in [4.78, 5) is 46.0. The first-order valence-electron chi connectivity index (χ1n) is 20.3. The Bertz CT molecular complexity index is 1740. The van der Waals surface area contributed by atoms with Gasteiger partial charge in [-0.3, -0.25) is 14.5 Å². The largest absolute Gasteiger partial charge is 0.444 e. The number of carbonyl (C=O) groups is 3. The molecule has 0 bridgehead atoms. The van der Waals surface area contributed by atoms with Crippen LogP contribution in [0, 0.1) is 0 Å². The first kappa shape index (κ1) is 51.5. The van der Waals surface area contributed by atoms with Crippen LogP contribution in [-0.2, 0) is 36.6 Å². The van der Waals surface area contributed by atoms with Crippen molar-refractivity contribution in [1.82, 2.24) is 20.0 Å². The van der Waals surface area contributed by atoms with Crippen molar-refractivity contribution in [2.24, 2.45) is 54.8 Å². The maximum atomic E-state index is 14.0. The molecule has 20 nitrogen and oxygen atoms in total. The number of nitrogens with zero attached hydrogens (tertiary/aromatic N) is 7. The summed E-state index contributed by atoms with van der Waals surface area (Å²) >= 11 is 0. The van der Waals surface area contributed by atoms with Crippen LogP contribution in [0.2, 0.25) is 0 Å². The topological polar surface area (TPSA) is 306 Å². The Morgan fingerprint density at radius 1 is 0.607 bits per heavy atom. The molecule has 61 heavy (non-hydrogen) atoms. The van der Waals surface area contributed by atoms with Crippen LogP contribution in [0.4, 0.5) is 4.79 Å². The van der Waals surface area contributed by atoms with Crippen molar-refractivity contribution in [3.05, 3.63) is 70.8 Å². The third-order valence-electron chi connectivity index (χ3n) is 8.51. The van der Waals surface area contributed by atoms with E-state index in [9.17, 15) is 14.4 Å². The quantitative estimate of drug-likeness (QED) is 0.0268.